The van der Waals surface area contributed by atoms with Crippen LogP contribution in [-0.4, -0.2) is 49.3 Å². The summed E-state index contributed by atoms with van der Waals surface area (Å²) in [4.78, 5) is 13.2. The monoisotopic (exact) mass is 382 g/mol. The van der Waals surface area contributed by atoms with Crippen molar-refractivity contribution in [2.75, 3.05) is 31.0 Å². The van der Waals surface area contributed by atoms with Crippen LogP contribution in [0, 0.1) is 0 Å². The normalized spacial score (nSPS) is 16.8. The molecular weight excluding hydrogens is 365 g/mol. The molecule has 0 spiro atoms. The van der Waals surface area contributed by atoms with Gasteiger partial charge in [-0.25, -0.2) is 9.98 Å². The van der Waals surface area contributed by atoms with Gasteiger partial charge in [-0.15, -0.1) is 0 Å². The Balaban J connectivity index is 1.87. The third kappa shape index (κ3) is 3.81. The zero-order valence-electron chi connectivity index (χ0n) is 14.5. The van der Waals surface area contributed by atoms with Gasteiger partial charge < -0.3 is 25.4 Å². The molecule has 1 aliphatic rings. The molecule has 0 amide bonds. The van der Waals surface area contributed by atoms with Crippen LogP contribution in [0.3, 0.4) is 0 Å². The van der Waals surface area contributed by atoms with Crippen molar-refractivity contribution in [2.45, 2.75) is 12.2 Å². The Kier molecular flexibility index (Phi) is 4.93. The summed E-state index contributed by atoms with van der Waals surface area (Å²) in [6.45, 7) is -0.510. The third-order valence-electron chi connectivity index (χ3n) is 3.96. The molecule has 27 heavy (non-hydrogen) atoms. The number of methoxy groups -OCH3 is 1. The number of benzene rings is 1. The Morgan fingerprint density at radius 3 is 2.89 bits per heavy atom. The standard InChI is InChI=1S/C16H17F3N6O2/c1-25-13(16(17,18)19)7-27-12-6-21-15(24-14(12)25)23-9-3-4-10(22-8-20)11(5-9)26-2/h3-6,8,13H,7H2,1-2H3,(H2,20,22)(H,21,23,24). The van der Waals surface area contributed by atoms with Crippen molar-refractivity contribution in [2.24, 2.45) is 10.7 Å². The topological polar surface area (TPSA) is 97.9 Å². The first-order valence-electron chi connectivity index (χ1n) is 7.82. The zero-order valence-corrected chi connectivity index (χ0v) is 14.5. The summed E-state index contributed by atoms with van der Waals surface area (Å²) in [5.74, 6) is 0.813. The predicted octanol–water partition coefficient (Wildman–Crippen LogP) is 2.61. The van der Waals surface area contributed by atoms with E-state index in [4.69, 9.17) is 15.2 Å². The molecule has 2 heterocycles. The van der Waals surface area contributed by atoms with Crippen LogP contribution in [0.15, 0.2) is 29.4 Å². The van der Waals surface area contributed by atoms with E-state index in [1.165, 1.54) is 20.4 Å². The molecular formula is C16H17F3N6O2. The molecule has 3 rings (SSSR count). The number of likely N-dealkylation sites (N-methyl/N-ethyl adjacent to an activating group) is 1. The lowest BCUT2D eigenvalue weighted by Gasteiger charge is -2.35. The Labute approximate surface area is 152 Å². The molecule has 1 aromatic heterocycles. The summed E-state index contributed by atoms with van der Waals surface area (Å²) in [7, 11) is 2.80. The molecule has 2 aromatic rings. The third-order valence-corrected chi connectivity index (χ3v) is 3.96. The van der Waals surface area contributed by atoms with E-state index in [1.54, 1.807) is 18.2 Å². The van der Waals surface area contributed by atoms with Crippen LogP contribution in [0.25, 0.3) is 0 Å². The quantitative estimate of drug-likeness (QED) is 0.620. The molecule has 11 heteroatoms. The Morgan fingerprint density at radius 2 is 2.22 bits per heavy atom. The van der Waals surface area contributed by atoms with Crippen LogP contribution in [0.4, 0.5) is 36.3 Å². The number of halogens is 3. The van der Waals surface area contributed by atoms with Gasteiger partial charge in [0, 0.05) is 18.8 Å². The molecule has 144 valence electrons. The number of alkyl halides is 3. The highest BCUT2D eigenvalue weighted by molar-refractivity contribution is 5.69. The average Bonchev–Trinajstić information content (AvgIpc) is 2.63. The van der Waals surface area contributed by atoms with Crippen molar-refractivity contribution in [1.29, 1.82) is 0 Å². The second kappa shape index (κ2) is 7.17. The average molecular weight is 382 g/mol. The van der Waals surface area contributed by atoms with E-state index in [2.05, 4.69) is 20.3 Å². The number of hydrogen-bond acceptors (Lipinski definition) is 7. The number of anilines is 3. The maximum atomic E-state index is 13.1. The molecule has 0 saturated carbocycles. The van der Waals surface area contributed by atoms with Crippen molar-refractivity contribution in [3.8, 4) is 11.5 Å². The SMILES string of the molecule is COc1cc(Nc2ncc3c(n2)N(C)C(C(F)(F)F)CO3)ccc1N=CN. The van der Waals surface area contributed by atoms with Crippen LogP contribution in [0.5, 0.6) is 11.5 Å². The zero-order chi connectivity index (χ0) is 19.6. The molecule has 0 saturated heterocycles. The van der Waals surface area contributed by atoms with Crippen molar-refractivity contribution < 1.29 is 22.6 Å². The highest BCUT2D eigenvalue weighted by Gasteiger charge is 2.46. The predicted molar refractivity (Wildman–Crippen MR) is 94.4 cm³/mol. The van der Waals surface area contributed by atoms with Crippen LogP contribution in [0.2, 0.25) is 0 Å². The Morgan fingerprint density at radius 1 is 1.44 bits per heavy atom. The first kappa shape index (κ1) is 18.5. The highest BCUT2D eigenvalue weighted by Crippen LogP contribution is 2.37. The molecule has 3 N–H and O–H groups in total. The summed E-state index contributed by atoms with van der Waals surface area (Å²) in [5, 5.41) is 2.92. The van der Waals surface area contributed by atoms with Crippen LogP contribution >= 0.6 is 0 Å². The number of aromatic nitrogens is 2. The van der Waals surface area contributed by atoms with E-state index < -0.39 is 18.8 Å². The Hall–Kier alpha value is -3.24. The minimum Gasteiger partial charge on any atom is -0.494 e. The van der Waals surface area contributed by atoms with Crippen molar-refractivity contribution in [3.05, 3.63) is 24.4 Å². The van der Waals surface area contributed by atoms with E-state index in [9.17, 15) is 13.2 Å². The lowest BCUT2D eigenvalue weighted by atomic mass is 10.2. The number of ether oxygens (including phenoxy) is 2. The van der Waals surface area contributed by atoms with E-state index in [1.807, 2.05) is 0 Å². The minimum absolute atomic E-state index is 0.0531. The number of aliphatic imine (C=N–C) groups is 1. The van der Waals surface area contributed by atoms with E-state index in [0.29, 0.717) is 17.1 Å². The number of nitrogens with zero attached hydrogens (tertiary/aromatic N) is 4. The number of fused-ring (bicyclic) bond motifs is 1. The molecule has 1 atom stereocenters. The maximum Gasteiger partial charge on any atom is 0.412 e. The number of hydrogen-bond donors (Lipinski definition) is 2. The molecule has 8 nitrogen and oxygen atoms in total. The summed E-state index contributed by atoms with van der Waals surface area (Å²) >= 11 is 0. The maximum absolute atomic E-state index is 13.1. The number of nitrogens with one attached hydrogen (secondary N) is 1. The molecule has 1 aromatic carbocycles. The van der Waals surface area contributed by atoms with Gasteiger partial charge >= 0.3 is 6.18 Å². The first-order valence-corrected chi connectivity index (χ1v) is 7.82. The largest absolute Gasteiger partial charge is 0.494 e. The van der Waals surface area contributed by atoms with Gasteiger partial charge in [0.25, 0.3) is 0 Å². The van der Waals surface area contributed by atoms with Gasteiger partial charge in [0.15, 0.2) is 17.6 Å². The fraction of sp³-hybridized carbons (Fsp3) is 0.312. The van der Waals surface area contributed by atoms with Gasteiger partial charge in [-0.05, 0) is 12.1 Å². The van der Waals surface area contributed by atoms with Gasteiger partial charge in [-0.1, -0.05) is 0 Å². The molecule has 1 unspecified atom stereocenters. The highest BCUT2D eigenvalue weighted by atomic mass is 19.4. The molecule has 0 bridgehead atoms. The summed E-state index contributed by atoms with van der Waals surface area (Å²) in [6.07, 6.45) is -1.96. The van der Waals surface area contributed by atoms with Gasteiger partial charge in [0.2, 0.25) is 5.95 Å². The van der Waals surface area contributed by atoms with E-state index in [0.717, 1.165) is 11.2 Å². The summed E-state index contributed by atoms with van der Waals surface area (Å²) < 4.78 is 49.7. The molecule has 0 fully saturated rings. The smallest absolute Gasteiger partial charge is 0.412 e. The second-order valence-corrected chi connectivity index (χ2v) is 5.65. The van der Waals surface area contributed by atoms with E-state index in [-0.39, 0.29) is 17.5 Å². The fourth-order valence-corrected chi connectivity index (χ4v) is 2.59. The summed E-state index contributed by atoms with van der Waals surface area (Å²) in [6, 6.07) is 3.22. The number of rotatable bonds is 4. The van der Waals surface area contributed by atoms with Gasteiger partial charge in [-0.2, -0.15) is 18.2 Å². The van der Waals surface area contributed by atoms with Crippen molar-refractivity contribution in [1.82, 2.24) is 9.97 Å². The van der Waals surface area contributed by atoms with Crippen LogP contribution in [-0.2, 0) is 0 Å². The fourth-order valence-electron chi connectivity index (χ4n) is 2.59. The lowest BCUT2D eigenvalue weighted by Crippen LogP contribution is -2.50. The lowest BCUT2D eigenvalue weighted by molar-refractivity contribution is -0.155. The number of nitrogens with two attached hydrogens (primary N) is 1. The van der Waals surface area contributed by atoms with Crippen LogP contribution < -0.4 is 25.4 Å². The van der Waals surface area contributed by atoms with Gasteiger partial charge in [0.1, 0.15) is 18.0 Å². The van der Waals surface area contributed by atoms with Crippen molar-refractivity contribution in [3.63, 3.8) is 0 Å². The van der Waals surface area contributed by atoms with Crippen molar-refractivity contribution >= 4 is 29.5 Å². The first-order chi connectivity index (χ1) is 12.8. The minimum atomic E-state index is -4.43. The van der Waals surface area contributed by atoms with E-state index >= 15 is 0 Å². The summed E-state index contributed by atoms with van der Waals surface area (Å²) in [5.41, 5.74) is 6.38. The van der Waals surface area contributed by atoms with Gasteiger partial charge in [0.05, 0.1) is 19.6 Å². The Bertz CT molecular complexity index is 859. The molecule has 1 aliphatic heterocycles. The van der Waals surface area contributed by atoms with Crippen LogP contribution in [0.1, 0.15) is 0 Å². The second-order valence-electron chi connectivity index (χ2n) is 5.65. The van der Waals surface area contributed by atoms with Gasteiger partial charge in [-0.3, -0.25) is 0 Å². The molecule has 0 radical (unpaired) electrons. The molecule has 0 aliphatic carbocycles.